The van der Waals surface area contributed by atoms with Crippen molar-refractivity contribution < 1.29 is 13.9 Å². The number of halogens is 2. The lowest BCUT2D eigenvalue weighted by atomic mass is 9.96. The van der Waals surface area contributed by atoms with Gasteiger partial charge in [0.1, 0.15) is 17.7 Å². The van der Waals surface area contributed by atoms with Crippen molar-refractivity contribution in [3.63, 3.8) is 0 Å². The minimum Gasteiger partial charge on any atom is -0.507 e. The van der Waals surface area contributed by atoms with Gasteiger partial charge in [0.05, 0.1) is 24.1 Å². The number of piperidine rings is 1. The van der Waals surface area contributed by atoms with Gasteiger partial charge in [0.25, 0.3) is 5.56 Å². The minimum absolute atomic E-state index is 0.00276. The lowest BCUT2D eigenvalue weighted by Gasteiger charge is -2.41. The van der Waals surface area contributed by atoms with Crippen LogP contribution in [0.2, 0.25) is 0 Å². The summed E-state index contributed by atoms with van der Waals surface area (Å²) in [6, 6.07) is 8.40. The van der Waals surface area contributed by atoms with E-state index < -0.39 is 18.5 Å². The molecule has 3 fully saturated rings. The Morgan fingerprint density at radius 2 is 1.91 bits per heavy atom. The number of nitrogens with one attached hydrogen (secondary N) is 1. The molecular weight excluding hydrogens is 452 g/mol. The molecule has 4 heterocycles. The van der Waals surface area contributed by atoms with Crippen LogP contribution in [0.5, 0.6) is 5.75 Å². The zero-order valence-electron chi connectivity index (χ0n) is 19.1. The Labute approximate surface area is 201 Å². The number of anilines is 1. The summed E-state index contributed by atoms with van der Waals surface area (Å²) < 4.78 is 29.0. The zero-order valence-corrected chi connectivity index (χ0v) is 19.1. The largest absolute Gasteiger partial charge is 0.507 e. The molecular formula is C26H27F2N5O2. The summed E-state index contributed by atoms with van der Waals surface area (Å²) in [4.78, 5) is 23.3. The number of alkyl halides is 2. The van der Waals surface area contributed by atoms with E-state index in [2.05, 4.69) is 20.2 Å². The lowest BCUT2D eigenvalue weighted by Crippen LogP contribution is -2.57. The Hall–Kier alpha value is -3.33. The molecule has 3 aromatic rings. The summed E-state index contributed by atoms with van der Waals surface area (Å²) in [5.74, 6) is 0.673. The molecule has 0 spiro atoms. The van der Waals surface area contributed by atoms with Gasteiger partial charge >= 0.3 is 0 Å². The molecule has 1 saturated carbocycles. The quantitative estimate of drug-likeness (QED) is 0.560. The average molecular weight is 480 g/mol. The molecule has 0 amide bonds. The molecule has 7 nitrogen and oxygen atoms in total. The van der Waals surface area contributed by atoms with Crippen molar-refractivity contribution >= 4 is 5.82 Å². The van der Waals surface area contributed by atoms with Gasteiger partial charge in [0.2, 0.25) is 0 Å². The van der Waals surface area contributed by atoms with Crippen LogP contribution in [0.25, 0.3) is 22.4 Å². The monoisotopic (exact) mass is 479 g/mol. The summed E-state index contributed by atoms with van der Waals surface area (Å²) in [6.45, 7) is -0.888. The number of rotatable bonds is 6. The molecule has 9 heteroatoms. The molecule has 182 valence electrons. The van der Waals surface area contributed by atoms with Gasteiger partial charge in [-0.15, -0.1) is 0 Å². The zero-order chi connectivity index (χ0) is 24.1. The molecule has 0 radical (unpaired) electrons. The first-order valence-corrected chi connectivity index (χ1v) is 12.1. The third-order valence-electron chi connectivity index (χ3n) is 7.49. The van der Waals surface area contributed by atoms with E-state index in [1.807, 2.05) is 0 Å². The Balaban J connectivity index is 1.25. The Morgan fingerprint density at radius 3 is 2.60 bits per heavy atom. The number of aromatic hydroxyl groups is 1. The van der Waals surface area contributed by atoms with Crippen LogP contribution in [-0.2, 0) is 6.80 Å². The number of pyridine rings is 1. The number of nitrogens with zero attached hydrogens (tertiary/aromatic N) is 4. The van der Waals surface area contributed by atoms with Crippen LogP contribution in [0.4, 0.5) is 14.6 Å². The first-order chi connectivity index (χ1) is 17.0. The number of benzene rings is 1. The summed E-state index contributed by atoms with van der Waals surface area (Å²) in [5.41, 5.74) is 1.77. The molecule has 3 aliphatic rings. The van der Waals surface area contributed by atoms with Crippen molar-refractivity contribution in [3.8, 4) is 28.1 Å². The van der Waals surface area contributed by atoms with Crippen LogP contribution < -0.4 is 15.8 Å². The Morgan fingerprint density at radius 1 is 1.09 bits per heavy atom. The maximum Gasteiger partial charge on any atom is 0.253 e. The van der Waals surface area contributed by atoms with Gasteiger partial charge in [-0.05, 0) is 61.4 Å². The van der Waals surface area contributed by atoms with Gasteiger partial charge in [0, 0.05) is 36.0 Å². The highest BCUT2D eigenvalue weighted by molar-refractivity contribution is 5.74. The fourth-order valence-electron chi connectivity index (χ4n) is 5.53. The first-order valence-electron chi connectivity index (χ1n) is 12.1. The average Bonchev–Trinajstić information content (AvgIpc) is 3.62. The highest BCUT2D eigenvalue weighted by Gasteiger charge is 2.48. The first kappa shape index (κ1) is 22.2. The molecule has 2 N–H and O–H groups in total. The van der Waals surface area contributed by atoms with Crippen molar-refractivity contribution in [1.29, 1.82) is 0 Å². The van der Waals surface area contributed by atoms with Crippen LogP contribution in [-0.4, -0.2) is 50.0 Å². The van der Waals surface area contributed by atoms with Gasteiger partial charge in [0.15, 0.2) is 6.80 Å². The summed E-state index contributed by atoms with van der Waals surface area (Å²) in [5, 5.41) is 14.1. The van der Waals surface area contributed by atoms with Crippen molar-refractivity contribution in [2.75, 3.05) is 4.90 Å². The van der Waals surface area contributed by atoms with Crippen LogP contribution in [0.3, 0.4) is 0 Å². The van der Waals surface area contributed by atoms with E-state index in [0.717, 1.165) is 36.7 Å². The van der Waals surface area contributed by atoms with Gasteiger partial charge < -0.3 is 15.3 Å². The second-order valence-corrected chi connectivity index (χ2v) is 9.77. The van der Waals surface area contributed by atoms with Crippen molar-refractivity contribution in [3.05, 3.63) is 59.3 Å². The minimum atomic E-state index is -0.931. The van der Waals surface area contributed by atoms with Crippen molar-refractivity contribution in [2.24, 2.45) is 0 Å². The van der Waals surface area contributed by atoms with E-state index >= 15 is 4.39 Å². The smallest absolute Gasteiger partial charge is 0.253 e. The van der Waals surface area contributed by atoms with E-state index in [4.69, 9.17) is 0 Å². The fraction of sp³-hybridized carbons (Fsp3) is 0.423. The van der Waals surface area contributed by atoms with Crippen LogP contribution in [0.15, 0.2) is 53.7 Å². The number of hydrogen-bond acceptors (Lipinski definition) is 6. The number of hydrogen-bond donors (Lipinski definition) is 2. The maximum atomic E-state index is 15.3. The lowest BCUT2D eigenvalue weighted by molar-refractivity contribution is 0.171. The van der Waals surface area contributed by atoms with Gasteiger partial charge in [-0.2, -0.15) is 0 Å². The van der Waals surface area contributed by atoms with E-state index in [1.54, 1.807) is 36.7 Å². The van der Waals surface area contributed by atoms with Crippen LogP contribution in [0.1, 0.15) is 32.1 Å². The van der Waals surface area contributed by atoms with Gasteiger partial charge in [-0.1, -0.05) is 6.07 Å². The van der Waals surface area contributed by atoms with Crippen molar-refractivity contribution in [1.82, 2.24) is 19.9 Å². The van der Waals surface area contributed by atoms with Crippen LogP contribution >= 0.6 is 0 Å². The normalized spacial score (nSPS) is 25.5. The molecule has 4 atom stereocenters. The fourth-order valence-corrected chi connectivity index (χ4v) is 5.53. The summed E-state index contributed by atoms with van der Waals surface area (Å²) in [7, 11) is 0. The standard InChI is InChI=1S/C26H27F2N5O2/c27-14-32-8-7-16(10-25(32)35)15-1-5-19(23(34)9-15)21-12-30-24(13-29-21)33(18-3-4-18)22-11-17-2-6-20(31-17)26(22)28/h1,5,7-10,12-13,17-18,20,22,26,31,34H,2-4,6,11,14H2/t17-,20+,22-,26+/m0/s1. The third-order valence-corrected chi connectivity index (χ3v) is 7.49. The molecule has 1 aliphatic carbocycles. The molecule has 0 unspecified atom stereocenters. The van der Waals surface area contributed by atoms with Gasteiger partial charge in [-0.3, -0.25) is 14.3 Å². The Bertz CT molecular complexity index is 1290. The molecule has 2 aromatic heterocycles. The van der Waals surface area contributed by atoms with E-state index in [0.29, 0.717) is 40.3 Å². The number of phenols is 1. The molecule has 2 bridgehead atoms. The predicted molar refractivity (Wildman–Crippen MR) is 129 cm³/mol. The topological polar surface area (TPSA) is 83.3 Å². The van der Waals surface area contributed by atoms with E-state index in [1.165, 1.54) is 12.3 Å². The number of aromatic nitrogens is 3. The molecule has 6 rings (SSSR count). The Kier molecular flexibility index (Phi) is 5.51. The van der Waals surface area contributed by atoms with Crippen LogP contribution in [0, 0.1) is 0 Å². The highest BCUT2D eigenvalue weighted by Crippen LogP contribution is 2.40. The number of phenolic OH excluding ortho intramolecular Hbond substituents is 1. The molecule has 1 aromatic carbocycles. The van der Waals surface area contributed by atoms with Crippen molar-refractivity contribution in [2.45, 2.75) is 69.2 Å². The second kappa shape index (κ2) is 8.71. The molecule has 2 aliphatic heterocycles. The van der Waals surface area contributed by atoms with E-state index in [-0.39, 0.29) is 17.8 Å². The summed E-state index contributed by atoms with van der Waals surface area (Å²) in [6.07, 6.45) is 8.49. The number of fused-ring (bicyclic) bond motifs is 2. The predicted octanol–water partition coefficient (Wildman–Crippen LogP) is 3.80. The SMILES string of the molecule is O=c1cc(-c2ccc(-c3cnc(N(C4CC4)[C@H]4C[C@@H]5CC[C@@H](N5)[C@H]4F)cn3)c(O)c2)ccn1CF. The molecule has 35 heavy (non-hydrogen) atoms. The van der Waals surface area contributed by atoms with Gasteiger partial charge in [-0.25, -0.2) is 13.8 Å². The molecule has 2 saturated heterocycles. The second-order valence-electron chi connectivity index (χ2n) is 9.77. The summed E-state index contributed by atoms with van der Waals surface area (Å²) >= 11 is 0. The highest BCUT2D eigenvalue weighted by atomic mass is 19.1. The maximum absolute atomic E-state index is 15.3. The third kappa shape index (κ3) is 4.07. The van der Waals surface area contributed by atoms with E-state index in [9.17, 15) is 14.3 Å².